The first kappa shape index (κ1) is 14.2. The molecule has 0 aromatic heterocycles. The van der Waals surface area contributed by atoms with Crippen LogP contribution in [0.5, 0.6) is 5.75 Å². The Balaban J connectivity index is 2.04. The average molecular weight is 281 g/mol. The molecule has 21 heavy (non-hydrogen) atoms. The fourth-order valence-electron chi connectivity index (χ4n) is 3.23. The van der Waals surface area contributed by atoms with E-state index < -0.39 is 0 Å². The van der Waals surface area contributed by atoms with E-state index in [4.69, 9.17) is 4.74 Å². The lowest BCUT2D eigenvalue weighted by atomic mass is 9.96. The number of ether oxygens (including phenoxy) is 1. The zero-order chi connectivity index (χ0) is 14.7. The number of hydrogen-bond acceptors (Lipinski definition) is 2. The van der Waals surface area contributed by atoms with Crippen molar-refractivity contribution in [2.75, 3.05) is 13.7 Å². The van der Waals surface area contributed by atoms with Gasteiger partial charge in [-0.3, -0.25) is 0 Å². The van der Waals surface area contributed by atoms with Crippen molar-refractivity contribution in [2.24, 2.45) is 0 Å². The highest BCUT2D eigenvalue weighted by Gasteiger charge is 2.24. The molecule has 0 spiro atoms. The highest BCUT2D eigenvalue weighted by Crippen LogP contribution is 2.40. The maximum absolute atomic E-state index is 5.94. The van der Waals surface area contributed by atoms with Gasteiger partial charge < -0.3 is 10.1 Å². The molecule has 1 atom stereocenters. The largest absolute Gasteiger partial charge is 0.493 e. The Hall–Kier alpha value is -1.80. The van der Waals surface area contributed by atoms with E-state index in [0.29, 0.717) is 6.04 Å². The van der Waals surface area contributed by atoms with E-state index in [1.807, 2.05) is 13.1 Å². The van der Waals surface area contributed by atoms with Crippen LogP contribution in [0.25, 0.3) is 11.1 Å². The van der Waals surface area contributed by atoms with Gasteiger partial charge in [-0.05, 0) is 49.1 Å². The summed E-state index contributed by atoms with van der Waals surface area (Å²) in [6.45, 7) is 2.91. The topological polar surface area (TPSA) is 21.3 Å². The second-order valence-electron chi connectivity index (χ2n) is 5.60. The molecule has 1 N–H and O–H groups in total. The molecule has 110 valence electrons. The maximum atomic E-state index is 5.94. The van der Waals surface area contributed by atoms with Crippen LogP contribution in [0.4, 0.5) is 0 Å². The lowest BCUT2D eigenvalue weighted by Gasteiger charge is -2.15. The van der Waals surface area contributed by atoms with Gasteiger partial charge in [0.1, 0.15) is 5.75 Å². The number of benzene rings is 2. The lowest BCUT2D eigenvalue weighted by molar-refractivity contribution is 0.318. The number of hydrogen-bond donors (Lipinski definition) is 1. The van der Waals surface area contributed by atoms with Gasteiger partial charge in [-0.1, -0.05) is 43.3 Å². The smallest absolute Gasteiger partial charge is 0.127 e. The fraction of sp³-hybridized carbons (Fsp3) is 0.368. The van der Waals surface area contributed by atoms with Crippen molar-refractivity contribution in [1.29, 1.82) is 0 Å². The summed E-state index contributed by atoms with van der Waals surface area (Å²) < 4.78 is 5.94. The lowest BCUT2D eigenvalue weighted by Crippen LogP contribution is -2.12. The van der Waals surface area contributed by atoms with Crippen LogP contribution in [0.2, 0.25) is 0 Å². The molecule has 1 aliphatic rings. The van der Waals surface area contributed by atoms with E-state index >= 15 is 0 Å². The molecule has 0 amide bonds. The highest BCUT2D eigenvalue weighted by molar-refractivity contribution is 5.75. The molecule has 0 heterocycles. The second kappa shape index (κ2) is 6.31. The van der Waals surface area contributed by atoms with Gasteiger partial charge in [0.05, 0.1) is 6.61 Å². The Morgan fingerprint density at radius 3 is 2.71 bits per heavy atom. The summed E-state index contributed by atoms with van der Waals surface area (Å²) in [4.78, 5) is 0. The number of nitrogens with one attached hydrogen (secondary N) is 1. The Bertz CT molecular complexity index is 621. The van der Waals surface area contributed by atoms with Crippen molar-refractivity contribution < 1.29 is 4.74 Å². The summed E-state index contributed by atoms with van der Waals surface area (Å²) in [5.74, 6) is 1.00. The minimum Gasteiger partial charge on any atom is -0.493 e. The number of para-hydroxylation sites is 1. The molecule has 0 bridgehead atoms. The molecule has 0 aliphatic heterocycles. The summed E-state index contributed by atoms with van der Waals surface area (Å²) in [5.41, 5.74) is 5.47. The van der Waals surface area contributed by atoms with Gasteiger partial charge in [-0.25, -0.2) is 0 Å². The predicted octanol–water partition coefficient (Wildman–Crippen LogP) is 4.35. The average Bonchev–Trinajstić information content (AvgIpc) is 2.96. The fourth-order valence-corrected chi connectivity index (χ4v) is 3.23. The Labute approximate surface area is 127 Å². The van der Waals surface area contributed by atoms with Gasteiger partial charge in [-0.2, -0.15) is 0 Å². The quantitative estimate of drug-likeness (QED) is 0.879. The SMILES string of the molecule is CCCOc1ccccc1-c1cccc2c1CCC2NC. The molecule has 2 aromatic carbocycles. The summed E-state index contributed by atoms with van der Waals surface area (Å²) in [6.07, 6.45) is 3.35. The zero-order valence-electron chi connectivity index (χ0n) is 12.9. The van der Waals surface area contributed by atoms with Crippen molar-refractivity contribution in [3.05, 3.63) is 53.6 Å². The molecule has 3 rings (SSSR count). The molecular weight excluding hydrogens is 258 g/mol. The van der Waals surface area contributed by atoms with Crippen LogP contribution in [0.3, 0.4) is 0 Å². The van der Waals surface area contributed by atoms with Gasteiger partial charge in [0.15, 0.2) is 0 Å². The highest BCUT2D eigenvalue weighted by atomic mass is 16.5. The van der Waals surface area contributed by atoms with Gasteiger partial charge in [0.25, 0.3) is 0 Å². The van der Waals surface area contributed by atoms with Crippen molar-refractivity contribution in [3.8, 4) is 16.9 Å². The molecule has 0 fully saturated rings. The third-order valence-corrected chi connectivity index (χ3v) is 4.26. The summed E-state index contributed by atoms with van der Waals surface area (Å²) in [7, 11) is 2.05. The molecule has 0 saturated heterocycles. The van der Waals surface area contributed by atoms with Crippen molar-refractivity contribution >= 4 is 0 Å². The molecule has 2 aromatic rings. The third-order valence-electron chi connectivity index (χ3n) is 4.26. The molecule has 2 nitrogen and oxygen atoms in total. The van der Waals surface area contributed by atoms with Crippen LogP contribution in [-0.4, -0.2) is 13.7 Å². The minimum atomic E-state index is 0.490. The minimum absolute atomic E-state index is 0.490. The first-order valence-electron chi connectivity index (χ1n) is 7.86. The van der Waals surface area contributed by atoms with E-state index in [9.17, 15) is 0 Å². The van der Waals surface area contributed by atoms with Gasteiger partial charge in [0, 0.05) is 11.6 Å². The summed E-state index contributed by atoms with van der Waals surface area (Å²) in [5, 5.41) is 3.42. The van der Waals surface area contributed by atoms with Crippen LogP contribution in [0.15, 0.2) is 42.5 Å². The molecule has 0 saturated carbocycles. The number of rotatable bonds is 5. The number of fused-ring (bicyclic) bond motifs is 1. The van der Waals surface area contributed by atoms with Crippen molar-refractivity contribution in [2.45, 2.75) is 32.2 Å². The first-order valence-corrected chi connectivity index (χ1v) is 7.86. The Morgan fingerprint density at radius 2 is 1.90 bits per heavy atom. The van der Waals surface area contributed by atoms with Crippen LogP contribution in [0, 0.1) is 0 Å². The van der Waals surface area contributed by atoms with Crippen LogP contribution < -0.4 is 10.1 Å². The van der Waals surface area contributed by atoms with Crippen LogP contribution >= 0.6 is 0 Å². The van der Waals surface area contributed by atoms with E-state index in [1.165, 1.54) is 28.7 Å². The molecular formula is C19H23NO. The second-order valence-corrected chi connectivity index (χ2v) is 5.60. The molecule has 1 unspecified atom stereocenters. The van der Waals surface area contributed by atoms with Gasteiger partial charge in [-0.15, -0.1) is 0 Å². The molecule has 0 radical (unpaired) electrons. The molecule has 2 heteroatoms. The first-order chi connectivity index (χ1) is 10.3. The van der Waals surface area contributed by atoms with Crippen LogP contribution in [-0.2, 0) is 6.42 Å². The molecule has 1 aliphatic carbocycles. The van der Waals surface area contributed by atoms with E-state index in [1.54, 1.807) is 0 Å². The standard InChI is InChI=1S/C19H23NO/c1-3-13-21-19-10-5-4-7-17(19)14-8-6-9-16-15(14)11-12-18(16)20-2/h4-10,18,20H,3,11-13H2,1-2H3. The van der Waals surface area contributed by atoms with Crippen LogP contribution in [0.1, 0.15) is 36.9 Å². The van der Waals surface area contributed by atoms with Gasteiger partial charge >= 0.3 is 0 Å². The normalized spacial score (nSPS) is 16.8. The maximum Gasteiger partial charge on any atom is 0.127 e. The summed E-state index contributed by atoms with van der Waals surface area (Å²) in [6, 6.07) is 15.5. The van der Waals surface area contributed by atoms with Gasteiger partial charge in [0.2, 0.25) is 0 Å². The Morgan fingerprint density at radius 1 is 1.10 bits per heavy atom. The van der Waals surface area contributed by atoms with E-state index in [2.05, 4.69) is 48.6 Å². The monoisotopic (exact) mass is 281 g/mol. The Kier molecular flexibility index (Phi) is 4.26. The van der Waals surface area contributed by atoms with Crippen molar-refractivity contribution in [3.63, 3.8) is 0 Å². The summed E-state index contributed by atoms with van der Waals surface area (Å²) >= 11 is 0. The van der Waals surface area contributed by atoms with E-state index in [-0.39, 0.29) is 0 Å². The van der Waals surface area contributed by atoms with E-state index in [0.717, 1.165) is 25.2 Å². The predicted molar refractivity (Wildman–Crippen MR) is 87.8 cm³/mol. The van der Waals surface area contributed by atoms with Crippen molar-refractivity contribution in [1.82, 2.24) is 5.32 Å². The zero-order valence-corrected chi connectivity index (χ0v) is 12.9. The third kappa shape index (κ3) is 2.68.